The molecule has 3 atom stereocenters. The molecule has 1 N–H and O–H groups in total. The lowest BCUT2D eigenvalue weighted by Crippen LogP contribution is -2.49. The van der Waals surface area contributed by atoms with Crippen LogP contribution in [0.2, 0.25) is 0 Å². The first-order valence-corrected chi connectivity index (χ1v) is 15.3. The first-order chi connectivity index (χ1) is 20.7. The molecule has 0 bridgehead atoms. The van der Waals surface area contributed by atoms with E-state index in [2.05, 4.69) is 45.0 Å². The molecule has 0 aliphatic heterocycles. The normalized spacial score (nSPS) is 22.5. The Bertz CT molecular complexity index is 1880. The van der Waals surface area contributed by atoms with Crippen LogP contribution < -0.4 is 9.47 Å². The van der Waals surface area contributed by atoms with Crippen molar-refractivity contribution in [3.05, 3.63) is 102 Å². The largest absolute Gasteiger partial charge is 0.507 e. The average molecular weight is 571 g/mol. The molecule has 0 unspecified atom stereocenters. The summed E-state index contributed by atoms with van der Waals surface area (Å²) >= 11 is 0. The summed E-state index contributed by atoms with van der Waals surface area (Å²) < 4.78 is 12.1. The fourth-order valence-electron chi connectivity index (χ4n) is 8.39. The summed E-state index contributed by atoms with van der Waals surface area (Å²) in [6, 6.07) is 29.8. The van der Waals surface area contributed by atoms with Gasteiger partial charge in [0.1, 0.15) is 17.2 Å². The number of fused-ring (bicyclic) bond motifs is 5. The Morgan fingerprint density at radius 1 is 0.860 bits per heavy atom. The molecule has 1 fully saturated rings. The van der Waals surface area contributed by atoms with Gasteiger partial charge in [-0.25, -0.2) is 0 Å². The second-order valence-electron chi connectivity index (χ2n) is 13.3. The number of methoxy groups -OCH3 is 1. The first-order valence-electron chi connectivity index (χ1n) is 15.3. The van der Waals surface area contributed by atoms with Crippen LogP contribution in [0.5, 0.6) is 17.2 Å². The summed E-state index contributed by atoms with van der Waals surface area (Å²) in [7, 11) is 1.70. The van der Waals surface area contributed by atoms with Gasteiger partial charge in [-0.15, -0.1) is 0 Å². The van der Waals surface area contributed by atoms with Crippen molar-refractivity contribution in [2.24, 2.45) is 11.3 Å². The van der Waals surface area contributed by atoms with Gasteiger partial charge in [-0.1, -0.05) is 93.9 Å². The van der Waals surface area contributed by atoms with Gasteiger partial charge in [0.25, 0.3) is 0 Å². The number of phenols is 1. The Balaban J connectivity index is 1.37. The minimum absolute atomic E-state index is 0.0308. The quantitative estimate of drug-likeness (QED) is 0.173. The van der Waals surface area contributed by atoms with Crippen molar-refractivity contribution < 1.29 is 19.4 Å². The fraction of sp³-hybridized carbons (Fsp3) is 0.308. The van der Waals surface area contributed by atoms with Gasteiger partial charge in [0, 0.05) is 10.9 Å². The van der Waals surface area contributed by atoms with Crippen molar-refractivity contribution in [3.63, 3.8) is 0 Å². The van der Waals surface area contributed by atoms with Crippen LogP contribution in [0.1, 0.15) is 63.5 Å². The lowest BCUT2D eigenvalue weighted by Gasteiger charge is -2.55. The van der Waals surface area contributed by atoms with Crippen LogP contribution in [-0.4, -0.2) is 18.2 Å². The minimum Gasteiger partial charge on any atom is -0.507 e. The van der Waals surface area contributed by atoms with Gasteiger partial charge < -0.3 is 14.6 Å². The zero-order valence-corrected chi connectivity index (χ0v) is 25.3. The highest BCUT2D eigenvalue weighted by atomic mass is 16.5. The highest BCUT2D eigenvalue weighted by molar-refractivity contribution is 6.10. The molecular formula is C39H38O4. The van der Waals surface area contributed by atoms with Crippen molar-refractivity contribution in [3.8, 4) is 28.4 Å². The third-order valence-corrected chi connectivity index (χ3v) is 10.5. The van der Waals surface area contributed by atoms with E-state index in [-0.39, 0.29) is 22.5 Å². The van der Waals surface area contributed by atoms with E-state index in [1.54, 1.807) is 13.2 Å². The molecule has 0 heterocycles. The second-order valence-corrected chi connectivity index (χ2v) is 13.3. The van der Waals surface area contributed by atoms with Gasteiger partial charge in [-0.3, -0.25) is 4.79 Å². The predicted octanol–water partition coefficient (Wildman–Crippen LogP) is 9.55. The molecule has 5 aromatic rings. The molecule has 7 rings (SSSR count). The van der Waals surface area contributed by atoms with E-state index in [0.29, 0.717) is 11.7 Å². The summed E-state index contributed by atoms with van der Waals surface area (Å²) in [6.07, 6.45) is 4.17. The van der Waals surface area contributed by atoms with E-state index in [9.17, 15) is 9.90 Å². The van der Waals surface area contributed by atoms with Gasteiger partial charge in [-0.05, 0) is 93.1 Å². The smallest absolute Gasteiger partial charge is 0.318 e. The molecule has 0 saturated heterocycles. The molecule has 1 saturated carbocycles. The number of aromatic hydroxyl groups is 1. The standard InChI is InChI=1S/C39H38O4/c1-38(2)20-9-21-39(3)31-22-26(42-4)17-18-28(31)30(23-34(38)39)37(41)43-33-19-16-24-10-5-6-13-27(24)36(33)29-14-7-11-25-12-8-15-32(40)35(25)29/h5-8,10-19,22,30,34,40H,9,20-21,23H2,1-4H3/t30-,34+,39-/m0/s1. The summed E-state index contributed by atoms with van der Waals surface area (Å²) in [5.41, 5.74) is 3.98. The van der Waals surface area contributed by atoms with Gasteiger partial charge in [-0.2, -0.15) is 0 Å². The van der Waals surface area contributed by atoms with E-state index in [1.807, 2.05) is 60.7 Å². The van der Waals surface area contributed by atoms with Crippen molar-refractivity contribution in [2.45, 2.75) is 57.8 Å². The monoisotopic (exact) mass is 570 g/mol. The molecule has 5 aromatic carbocycles. The maximum Gasteiger partial charge on any atom is 0.318 e. The number of ether oxygens (including phenoxy) is 2. The third kappa shape index (κ3) is 4.38. The lowest BCUT2D eigenvalue weighted by atomic mass is 9.49. The van der Waals surface area contributed by atoms with Crippen molar-refractivity contribution >= 4 is 27.5 Å². The Kier molecular flexibility index (Phi) is 6.50. The molecule has 0 radical (unpaired) electrons. The average Bonchev–Trinajstić information content (AvgIpc) is 3.00. The van der Waals surface area contributed by atoms with Crippen LogP contribution in [0, 0.1) is 11.3 Å². The molecule has 43 heavy (non-hydrogen) atoms. The summed E-state index contributed by atoms with van der Waals surface area (Å²) in [5, 5.41) is 14.7. The van der Waals surface area contributed by atoms with Crippen LogP contribution >= 0.6 is 0 Å². The number of hydrogen-bond donors (Lipinski definition) is 1. The maximum absolute atomic E-state index is 14.4. The van der Waals surface area contributed by atoms with Crippen molar-refractivity contribution in [1.82, 2.24) is 0 Å². The van der Waals surface area contributed by atoms with Gasteiger partial charge in [0.05, 0.1) is 13.0 Å². The van der Waals surface area contributed by atoms with E-state index in [4.69, 9.17) is 9.47 Å². The fourth-order valence-corrected chi connectivity index (χ4v) is 8.39. The molecule has 218 valence electrons. The number of esters is 1. The number of carbonyl (C=O) groups is 1. The number of benzene rings is 5. The molecule has 4 heteroatoms. The second kappa shape index (κ2) is 10.2. The number of hydrogen-bond acceptors (Lipinski definition) is 4. The van der Waals surface area contributed by atoms with Crippen LogP contribution in [0.15, 0.2) is 91.0 Å². The van der Waals surface area contributed by atoms with Gasteiger partial charge >= 0.3 is 5.97 Å². The molecule has 0 spiro atoms. The Hall–Kier alpha value is -4.31. The highest BCUT2D eigenvalue weighted by Gasteiger charge is 2.53. The first kappa shape index (κ1) is 27.5. The number of rotatable bonds is 4. The predicted molar refractivity (Wildman–Crippen MR) is 173 cm³/mol. The maximum atomic E-state index is 14.4. The molecule has 0 aromatic heterocycles. The van der Waals surface area contributed by atoms with Gasteiger partial charge in [0.15, 0.2) is 0 Å². The zero-order chi connectivity index (χ0) is 29.9. The van der Waals surface area contributed by atoms with E-state index < -0.39 is 5.92 Å². The third-order valence-electron chi connectivity index (χ3n) is 10.5. The van der Waals surface area contributed by atoms with Gasteiger partial charge in [0.2, 0.25) is 0 Å². The van der Waals surface area contributed by atoms with Crippen LogP contribution in [-0.2, 0) is 10.2 Å². The van der Waals surface area contributed by atoms with Crippen LogP contribution in [0.3, 0.4) is 0 Å². The van der Waals surface area contributed by atoms with Crippen molar-refractivity contribution in [1.29, 1.82) is 0 Å². The zero-order valence-electron chi connectivity index (χ0n) is 25.3. The van der Waals surface area contributed by atoms with Crippen molar-refractivity contribution in [2.75, 3.05) is 7.11 Å². The minimum atomic E-state index is -0.392. The Labute approximate surface area is 253 Å². The molecule has 0 amide bonds. The topological polar surface area (TPSA) is 55.8 Å². The molecule has 2 aliphatic carbocycles. The van der Waals surface area contributed by atoms with E-state index >= 15 is 0 Å². The van der Waals surface area contributed by atoms with Crippen LogP contribution in [0.4, 0.5) is 0 Å². The lowest BCUT2D eigenvalue weighted by molar-refractivity contribution is -0.137. The SMILES string of the molecule is COc1ccc2c(c1)[C@]1(C)CCCC(C)(C)[C@H]1C[C@@H]2C(=O)Oc1ccc2ccccc2c1-c1cccc2cccc(O)c12. The number of phenolic OH excluding ortho intramolecular Hbond substituents is 1. The Morgan fingerprint density at radius 2 is 1.63 bits per heavy atom. The Morgan fingerprint density at radius 3 is 2.44 bits per heavy atom. The van der Waals surface area contributed by atoms with E-state index in [0.717, 1.165) is 63.2 Å². The summed E-state index contributed by atoms with van der Waals surface area (Å²) in [5.74, 6) is 1.23. The molecular weight excluding hydrogens is 532 g/mol. The van der Waals surface area contributed by atoms with E-state index in [1.165, 1.54) is 12.0 Å². The molecule has 2 aliphatic rings. The van der Waals surface area contributed by atoms with Crippen LogP contribution in [0.25, 0.3) is 32.7 Å². The highest BCUT2D eigenvalue weighted by Crippen LogP contribution is 2.60. The summed E-state index contributed by atoms with van der Waals surface area (Å²) in [4.78, 5) is 14.4. The summed E-state index contributed by atoms with van der Waals surface area (Å²) in [6.45, 7) is 7.10. The number of carbonyl (C=O) groups excluding carboxylic acids is 1. The molecule has 4 nitrogen and oxygen atoms in total.